The van der Waals surface area contributed by atoms with Gasteiger partial charge in [-0.15, -0.1) is 0 Å². The number of carbonyl (C=O) groups excluding carboxylic acids is 2. The fourth-order valence-corrected chi connectivity index (χ4v) is 7.61. The van der Waals surface area contributed by atoms with E-state index in [1.165, 1.54) is 17.8 Å². The Bertz CT molecular complexity index is 1980. The number of carboxylic acids is 3. The molecule has 2 amide bonds. The van der Waals surface area contributed by atoms with Gasteiger partial charge < -0.3 is 36.3 Å². The second-order valence-electron chi connectivity index (χ2n) is 12.6. The number of aromatic nitrogens is 2. The van der Waals surface area contributed by atoms with Crippen LogP contribution in [0.25, 0.3) is 18.2 Å². The lowest BCUT2D eigenvalue weighted by atomic mass is 9.91. The van der Waals surface area contributed by atoms with Crippen molar-refractivity contribution in [2.75, 3.05) is 5.75 Å². The van der Waals surface area contributed by atoms with Crippen LogP contribution in [0.15, 0.2) is 34.5 Å². The zero-order chi connectivity index (χ0) is 37.0. The molecule has 14 heteroatoms. The first-order chi connectivity index (χ1) is 23.5. The fourth-order valence-electron chi connectivity index (χ4n) is 6.36. The second kappa shape index (κ2) is 15.7. The molecule has 0 radical (unpaired) electrons. The van der Waals surface area contributed by atoms with E-state index in [2.05, 4.69) is 26.9 Å². The summed E-state index contributed by atoms with van der Waals surface area (Å²) in [4.78, 5) is 70.6. The standard InChI is InChI=1S/C36H43N5O8S/c1-7-21-16(2)27(40-35(21)47)12-25-17(3)22(8-10-31(42)43)28(38-25)14-29-23(9-11-32(44)45)18(4)26(39-29)13-30-33(19(5)34(46)41-30)20(6)50-15-24(37)36(48)49/h7,12-14,19-20,24,33,38-39H,1,8-11,15,37H2,2-6H3,(H,41,46)(H,42,43)(H,44,45)(H,48,49)/b25-12+,28-14-,30-13-/t19-,20+,24-,33+/m1/s1. The maximum Gasteiger partial charge on any atom is 0.321 e. The second-order valence-corrected chi connectivity index (χ2v) is 14.0. The molecule has 1 fully saturated rings. The number of nitrogens with zero attached hydrogens (tertiary/aromatic N) is 1. The molecule has 4 heterocycles. The normalized spacial score (nSPS) is 20.4. The van der Waals surface area contributed by atoms with Crippen molar-refractivity contribution >= 4 is 65.4 Å². The number of hydrogen-bond donors (Lipinski definition) is 7. The quantitative estimate of drug-likeness (QED) is 0.143. The van der Waals surface area contributed by atoms with Crippen LogP contribution in [0.4, 0.5) is 0 Å². The van der Waals surface area contributed by atoms with Gasteiger partial charge in [0.25, 0.3) is 5.91 Å². The average molecular weight is 706 g/mol. The van der Waals surface area contributed by atoms with Gasteiger partial charge in [0.2, 0.25) is 5.91 Å². The summed E-state index contributed by atoms with van der Waals surface area (Å²) in [6, 6.07) is -1.04. The number of amides is 2. The van der Waals surface area contributed by atoms with Gasteiger partial charge in [0.15, 0.2) is 0 Å². The maximum atomic E-state index is 12.8. The minimum atomic E-state index is -1.10. The lowest BCUT2D eigenvalue weighted by molar-refractivity contribution is -0.138. The van der Waals surface area contributed by atoms with Crippen LogP contribution in [0, 0.1) is 25.7 Å². The Kier molecular flexibility index (Phi) is 11.9. The van der Waals surface area contributed by atoms with Gasteiger partial charge >= 0.3 is 17.9 Å². The van der Waals surface area contributed by atoms with Crippen molar-refractivity contribution in [3.63, 3.8) is 0 Å². The minimum Gasteiger partial charge on any atom is -0.481 e. The van der Waals surface area contributed by atoms with Gasteiger partial charge in [-0.05, 0) is 79.7 Å². The first kappa shape index (κ1) is 37.9. The molecule has 2 aromatic heterocycles. The van der Waals surface area contributed by atoms with Crippen molar-refractivity contribution < 1.29 is 39.3 Å². The predicted molar refractivity (Wildman–Crippen MR) is 192 cm³/mol. The van der Waals surface area contributed by atoms with Crippen LogP contribution in [0.3, 0.4) is 0 Å². The van der Waals surface area contributed by atoms with Gasteiger partial charge in [-0.2, -0.15) is 11.8 Å². The van der Waals surface area contributed by atoms with Crippen molar-refractivity contribution in [1.82, 2.24) is 15.3 Å². The number of carboxylic acid groups (broad SMARTS) is 3. The molecule has 13 nitrogen and oxygen atoms in total. The molecule has 8 N–H and O–H groups in total. The zero-order valence-electron chi connectivity index (χ0n) is 28.7. The highest BCUT2D eigenvalue weighted by molar-refractivity contribution is 8.00. The summed E-state index contributed by atoms with van der Waals surface area (Å²) >= 11 is 1.38. The number of H-pyrrole nitrogens is 2. The largest absolute Gasteiger partial charge is 0.481 e. The first-order valence-corrected chi connectivity index (χ1v) is 17.2. The number of rotatable bonds is 15. The van der Waals surface area contributed by atoms with Gasteiger partial charge in [-0.25, -0.2) is 4.99 Å². The lowest BCUT2D eigenvalue weighted by Crippen LogP contribution is -2.34. The molecular weight excluding hydrogens is 662 g/mol. The molecule has 0 aromatic carbocycles. The van der Waals surface area contributed by atoms with Gasteiger partial charge in [-0.1, -0.05) is 26.5 Å². The molecule has 1 saturated heterocycles. The Balaban J connectivity index is 1.85. The third kappa shape index (κ3) is 8.25. The number of aliphatic imine (C=N–C) groups is 1. The molecule has 0 unspecified atom stereocenters. The molecule has 2 aromatic rings. The van der Waals surface area contributed by atoms with Crippen molar-refractivity contribution in [3.8, 4) is 0 Å². The van der Waals surface area contributed by atoms with Gasteiger partial charge in [-0.3, -0.25) is 24.0 Å². The Labute approximate surface area is 293 Å². The van der Waals surface area contributed by atoms with Gasteiger partial charge in [0, 0.05) is 69.0 Å². The Morgan fingerprint density at radius 3 is 2.16 bits per heavy atom. The monoisotopic (exact) mass is 705 g/mol. The van der Waals surface area contributed by atoms with Crippen LogP contribution in [-0.4, -0.2) is 77.8 Å². The molecule has 50 heavy (non-hydrogen) atoms. The SMILES string of the molecule is C=CC1=C(C)C(/C=c2/[nH]/c(=C\c3[nH]c(/C=C4\NC(=O)[C@H](C)[C@H]4[C@H](C)SC[C@@H](N)C(=O)O)c(C)c3CCC(=O)O)c(CCC(=O)O)c2C)=NC1=O. The molecule has 266 valence electrons. The first-order valence-electron chi connectivity index (χ1n) is 16.2. The highest BCUT2D eigenvalue weighted by Gasteiger charge is 2.39. The summed E-state index contributed by atoms with van der Waals surface area (Å²) in [6.45, 7) is 12.9. The van der Waals surface area contributed by atoms with E-state index in [0.29, 0.717) is 44.6 Å². The molecule has 2 aliphatic heterocycles. The Morgan fingerprint density at radius 2 is 1.58 bits per heavy atom. The topological polar surface area (TPSA) is 228 Å². The zero-order valence-corrected chi connectivity index (χ0v) is 29.5. The lowest BCUT2D eigenvalue weighted by Gasteiger charge is -2.23. The van der Waals surface area contributed by atoms with Crippen LogP contribution in [0.2, 0.25) is 0 Å². The average Bonchev–Trinajstić information content (AvgIpc) is 3.69. The highest BCUT2D eigenvalue weighted by atomic mass is 32.2. The molecule has 2 aliphatic rings. The minimum absolute atomic E-state index is 0.127. The third-order valence-electron chi connectivity index (χ3n) is 9.33. The van der Waals surface area contributed by atoms with E-state index in [-0.39, 0.29) is 60.3 Å². The third-order valence-corrected chi connectivity index (χ3v) is 10.7. The fraction of sp³-hybridized carbons (Fsp3) is 0.389. The molecular formula is C36H43N5O8S. The summed E-state index contributed by atoms with van der Waals surface area (Å²) in [5.74, 6) is -4.05. The van der Waals surface area contributed by atoms with E-state index in [1.54, 1.807) is 13.0 Å². The van der Waals surface area contributed by atoms with Crippen LogP contribution in [-0.2, 0) is 36.8 Å². The Morgan fingerprint density at radius 1 is 0.940 bits per heavy atom. The smallest absolute Gasteiger partial charge is 0.321 e. The molecule has 0 spiro atoms. The van der Waals surface area contributed by atoms with Crippen molar-refractivity contribution in [2.45, 2.75) is 71.6 Å². The predicted octanol–water partition coefficient (Wildman–Crippen LogP) is 2.34. The van der Waals surface area contributed by atoms with Crippen LogP contribution in [0.5, 0.6) is 0 Å². The number of thioether (sulfide) groups is 1. The number of nitrogens with one attached hydrogen (secondary N) is 3. The van der Waals surface area contributed by atoms with Crippen molar-refractivity contribution in [3.05, 3.63) is 73.8 Å². The number of carbonyl (C=O) groups is 5. The van der Waals surface area contributed by atoms with Crippen LogP contribution >= 0.6 is 11.8 Å². The number of nitrogens with two attached hydrogens (primary N) is 1. The Hall–Kier alpha value is -4.95. The number of allylic oxidation sites excluding steroid dienone is 2. The highest BCUT2D eigenvalue weighted by Crippen LogP contribution is 2.37. The summed E-state index contributed by atoms with van der Waals surface area (Å²) in [5.41, 5.74) is 12.3. The molecule has 0 bridgehead atoms. The number of hydrogen-bond acceptors (Lipinski definition) is 7. The summed E-state index contributed by atoms with van der Waals surface area (Å²) in [5, 5.41) is 32.3. The summed E-state index contributed by atoms with van der Waals surface area (Å²) in [6.07, 6.45) is 7.02. The number of aromatic amines is 2. The summed E-state index contributed by atoms with van der Waals surface area (Å²) in [7, 11) is 0. The van der Waals surface area contributed by atoms with Gasteiger partial charge in [0.05, 0.1) is 5.71 Å². The van der Waals surface area contributed by atoms with Crippen molar-refractivity contribution in [2.24, 2.45) is 22.6 Å². The summed E-state index contributed by atoms with van der Waals surface area (Å²) < 4.78 is 0. The van der Waals surface area contributed by atoms with E-state index in [1.807, 2.05) is 39.8 Å². The van der Waals surface area contributed by atoms with Gasteiger partial charge in [0.1, 0.15) is 6.04 Å². The molecule has 4 atom stereocenters. The van der Waals surface area contributed by atoms with E-state index >= 15 is 0 Å². The van der Waals surface area contributed by atoms with Crippen molar-refractivity contribution in [1.29, 1.82) is 0 Å². The molecule has 0 saturated carbocycles. The number of aliphatic carboxylic acids is 3. The van der Waals surface area contributed by atoms with E-state index in [0.717, 1.165) is 22.3 Å². The molecule has 0 aliphatic carbocycles. The van der Waals surface area contributed by atoms with E-state index in [9.17, 15) is 39.3 Å². The van der Waals surface area contributed by atoms with E-state index < -0.39 is 23.9 Å². The maximum absolute atomic E-state index is 12.8. The van der Waals surface area contributed by atoms with Crippen LogP contribution in [0.1, 0.15) is 67.3 Å². The molecule has 4 rings (SSSR count). The van der Waals surface area contributed by atoms with Crippen LogP contribution < -0.4 is 21.7 Å². The van der Waals surface area contributed by atoms with E-state index in [4.69, 9.17) is 5.73 Å².